The molecule has 0 aromatic rings. The molecule has 0 amide bonds. The Morgan fingerprint density at radius 1 is 1.64 bits per heavy atom. The third kappa shape index (κ3) is 1.31. The lowest BCUT2D eigenvalue weighted by molar-refractivity contribution is -0.0190. The van der Waals surface area contributed by atoms with Gasteiger partial charge in [0.15, 0.2) is 0 Å². The van der Waals surface area contributed by atoms with E-state index < -0.39 is 12.2 Å². The summed E-state index contributed by atoms with van der Waals surface area (Å²) in [6.45, 7) is 5.75. The molecule has 0 saturated carbocycles. The topological polar surface area (TPSA) is 9.23 Å². The van der Waals surface area contributed by atoms with Crippen LogP contribution >= 0.6 is 0 Å². The van der Waals surface area contributed by atoms with Crippen LogP contribution in [-0.4, -0.2) is 25.6 Å². The maximum Gasteiger partial charge on any atom is 0.123 e. The molecule has 4 atom stereocenters. The molecule has 0 spiro atoms. The van der Waals surface area contributed by atoms with Crippen LogP contribution in [0.1, 0.15) is 27.2 Å². The Morgan fingerprint density at radius 2 is 2.18 bits per heavy atom. The van der Waals surface area contributed by atoms with E-state index in [9.17, 15) is 4.39 Å². The first-order chi connectivity index (χ1) is 5.01. The van der Waals surface area contributed by atoms with Crippen LogP contribution < -0.4 is 0 Å². The highest BCUT2D eigenvalue weighted by molar-refractivity contribution is 6.11. The molecule has 1 saturated heterocycles. The lowest BCUT2D eigenvalue weighted by Gasteiger charge is -2.26. The Bertz CT molecular complexity index is 153. The predicted molar refractivity (Wildman–Crippen MR) is 43.4 cm³/mol. The monoisotopic (exact) mass is 156 g/mol. The summed E-state index contributed by atoms with van der Waals surface area (Å²) in [6.07, 6.45) is -0.206. The van der Waals surface area contributed by atoms with Gasteiger partial charge in [-0.15, -0.1) is 0 Å². The second-order valence-electron chi connectivity index (χ2n) is 3.48. The van der Waals surface area contributed by atoms with Crippen molar-refractivity contribution in [3.63, 3.8) is 0 Å². The lowest BCUT2D eigenvalue weighted by Crippen LogP contribution is -2.31. The van der Waals surface area contributed by atoms with E-state index in [1.807, 2.05) is 20.8 Å². The van der Waals surface area contributed by atoms with Gasteiger partial charge in [-0.25, -0.2) is 4.39 Å². The van der Waals surface area contributed by atoms with Crippen LogP contribution in [0, 0.1) is 5.92 Å². The summed E-state index contributed by atoms with van der Waals surface area (Å²) in [5.41, 5.74) is -0.362. The molecule has 0 aliphatic carbocycles. The molecular weight excluding hydrogens is 142 g/mol. The van der Waals surface area contributed by atoms with E-state index in [0.29, 0.717) is 0 Å². The summed E-state index contributed by atoms with van der Waals surface area (Å²) in [5, 5.41) is 0. The van der Waals surface area contributed by atoms with Gasteiger partial charge in [-0.1, -0.05) is 13.8 Å². The smallest absolute Gasteiger partial charge is 0.123 e. The number of halogens is 1. The average molecular weight is 156 g/mol. The highest BCUT2D eigenvalue weighted by Crippen LogP contribution is 2.38. The Balaban J connectivity index is 2.73. The van der Waals surface area contributed by atoms with E-state index in [0.717, 1.165) is 6.42 Å². The van der Waals surface area contributed by atoms with E-state index in [1.54, 1.807) is 0 Å². The fraction of sp³-hybridized carbons (Fsp3) is 1.00. The molecule has 1 aliphatic rings. The Kier molecular flexibility index (Phi) is 2.28. The van der Waals surface area contributed by atoms with Crippen molar-refractivity contribution >= 4 is 7.85 Å². The first kappa shape index (κ1) is 9.05. The minimum Gasteiger partial charge on any atom is -0.378 e. The third-order valence-corrected chi connectivity index (χ3v) is 2.86. The van der Waals surface area contributed by atoms with Crippen LogP contribution in [0.4, 0.5) is 4.39 Å². The number of alkyl halides is 1. The highest BCUT2D eigenvalue weighted by Gasteiger charge is 2.46. The molecule has 0 aromatic heterocycles. The number of ether oxygens (including phenoxy) is 1. The summed E-state index contributed by atoms with van der Waals surface area (Å²) in [7, 11) is 5.42. The van der Waals surface area contributed by atoms with Gasteiger partial charge in [0, 0.05) is 11.9 Å². The summed E-state index contributed by atoms with van der Waals surface area (Å²) in [5.74, 6) is -0.0949. The van der Waals surface area contributed by atoms with Crippen LogP contribution in [0.5, 0.6) is 0 Å². The third-order valence-electron chi connectivity index (χ3n) is 2.86. The molecule has 1 rings (SSSR count). The SMILES string of the molecule is [B][C@@H]1O[C@](C)(CC)[C@H](C)C1F. The molecule has 1 fully saturated rings. The van der Waals surface area contributed by atoms with E-state index >= 15 is 0 Å². The van der Waals surface area contributed by atoms with Crippen molar-refractivity contribution in [3.05, 3.63) is 0 Å². The van der Waals surface area contributed by atoms with Crippen molar-refractivity contribution < 1.29 is 9.13 Å². The second-order valence-corrected chi connectivity index (χ2v) is 3.48. The van der Waals surface area contributed by atoms with Crippen LogP contribution in [0.2, 0.25) is 0 Å². The zero-order chi connectivity index (χ0) is 8.65. The first-order valence-electron chi connectivity index (χ1n) is 4.08. The van der Waals surface area contributed by atoms with E-state index in [2.05, 4.69) is 0 Å². The molecule has 1 unspecified atom stereocenters. The molecule has 0 N–H and O–H groups in total. The summed E-state index contributed by atoms with van der Waals surface area (Å²) in [6, 6.07) is -0.727. The molecule has 0 aromatic carbocycles. The molecule has 11 heavy (non-hydrogen) atoms. The standard InChI is InChI=1S/C8H14BFO/c1-4-8(3)5(2)6(10)7(9)11-8/h5-7H,4H2,1-3H3/t5-,6?,7-,8-/m1/s1. The van der Waals surface area contributed by atoms with Crippen LogP contribution in [0.3, 0.4) is 0 Å². The van der Waals surface area contributed by atoms with Gasteiger partial charge < -0.3 is 4.74 Å². The maximum absolute atomic E-state index is 13.1. The second kappa shape index (κ2) is 2.78. The van der Waals surface area contributed by atoms with Gasteiger partial charge in [0.1, 0.15) is 14.0 Å². The zero-order valence-corrected chi connectivity index (χ0v) is 7.30. The van der Waals surface area contributed by atoms with Gasteiger partial charge in [-0.3, -0.25) is 0 Å². The molecule has 1 heterocycles. The summed E-state index contributed by atoms with van der Waals surface area (Å²) in [4.78, 5) is 0. The molecule has 62 valence electrons. The van der Waals surface area contributed by atoms with Gasteiger partial charge in [0.05, 0.1) is 5.60 Å². The van der Waals surface area contributed by atoms with Gasteiger partial charge in [0.25, 0.3) is 0 Å². The number of hydrogen-bond acceptors (Lipinski definition) is 1. The van der Waals surface area contributed by atoms with Crippen molar-refractivity contribution in [3.8, 4) is 0 Å². The molecule has 0 bridgehead atoms. The summed E-state index contributed by atoms with van der Waals surface area (Å²) >= 11 is 0. The fourth-order valence-corrected chi connectivity index (χ4v) is 1.51. The molecule has 1 aliphatic heterocycles. The van der Waals surface area contributed by atoms with Crippen molar-refractivity contribution in [1.29, 1.82) is 0 Å². The van der Waals surface area contributed by atoms with Crippen molar-refractivity contribution in [2.75, 3.05) is 0 Å². The normalized spacial score (nSPS) is 51.5. The fourth-order valence-electron chi connectivity index (χ4n) is 1.51. The first-order valence-corrected chi connectivity index (χ1v) is 4.08. The Hall–Kier alpha value is -0.0451. The molecule has 3 heteroatoms. The average Bonchev–Trinajstić information content (AvgIpc) is 2.17. The summed E-state index contributed by atoms with van der Waals surface area (Å²) < 4.78 is 18.5. The van der Waals surface area contributed by atoms with Crippen LogP contribution in [0.15, 0.2) is 0 Å². The molecule has 2 radical (unpaired) electrons. The Labute approximate surface area is 68.7 Å². The minimum atomic E-state index is -1.01. The van der Waals surface area contributed by atoms with Crippen molar-refractivity contribution in [1.82, 2.24) is 0 Å². The van der Waals surface area contributed by atoms with Gasteiger partial charge in [-0.05, 0) is 13.3 Å². The van der Waals surface area contributed by atoms with E-state index in [1.165, 1.54) is 0 Å². The Morgan fingerprint density at radius 3 is 2.36 bits per heavy atom. The van der Waals surface area contributed by atoms with Crippen molar-refractivity contribution in [2.45, 2.75) is 45.0 Å². The molecular formula is C8H14BFO. The largest absolute Gasteiger partial charge is 0.378 e. The van der Waals surface area contributed by atoms with Gasteiger partial charge in [-0.2, -0.15) is 0 Å². The highest BCUT2D eigenvalue weighted by atomic mass is 19.1. The lowest BCUT2D eigenvalue weighted by atomic mass is 9.83. The van der Waals surface area contributed by atoms with Gasteiger partial charge >= 0.3 is 0 Å². The number of hydrogen-bond donors (Lipinski definition) is 0. The van der Waals surface area contributed by atoms with E-state index in [-0.39, 0.29) is 11.5 Å². The number of rotatable bonds is 1. The zero-order valence-electron chi connectivity index (χ0n) is 7.30. The maximum atomic E-state index is 13.1. The van der Waals surface area contributed by atoms with Crippen LogP contribution in [-0.2, 0) is 4.74 Å². The quantitative estimate of drug-likeness (QED) is 0.524. The van der Waals surface area contributed by atoms with E-state index in [4.69, 9.17) is 12.6 Å². The molecule has 1 nitrogen and oxygen atoms in total. The minimum absolute atomic E-state index is 0.0949. The van der Waals surface area contributed by atoms with Crippen molar-refractivity contribution in [2.24, 2.45) is 5.92 Å². The predicted octanol–water partition coefficient (Wildman–Crippen LogP) is 1.65. The van der Waals surface area contributed by atoms with Crippen LogP contribution in [0.25, 0.3) is 0 Å². The van der Waals surface area contributed by atoms with Gasteiger partial charge in [0.2, 0.25) is 0 Å².